The van der Waals surface area contributed by atoms with Crippen molar-refractivity contribution >= 4 is 17.7 Å². The van der Waals surface area contributed by atoms with E-state index >= 15 is 0 Å². The van der Waals surface area contributed by atoms with Gasteiger partial charge >= 0.3 is 6.09 Å². The second-order valence-electron chi connectivity index (χ2n) is 7.74. The lowest BCUT2D eigenvalue weighted by atomic mass is 10.1. The molecule has 0 spiro atoms. The van der Waals surface area contributed by atoms with E-state index in [4.69, 9.17) is 5.73 Å². The molecule has 2 amide bonds. The molecule has 0 radical (unpaired) electrons. The van der Waals surface area contributed by atoms with Crippen LogP contribution in [0.15, 0.2) is 65.5 Å². The van der Waals surface area contributed by atoms with Gasteiger partial charge < -0.3 is 16.2 Å². The summed E-state index contributed by atoms with van der Waals surface area (Å²) in [4.78, 5) is 37.3. The highest BCUT2D eigenvalue weighted by molar-refractivity contribution is 5.94. The van der Waals surface area contributed by atoms with Gasteiger partial charge in [0.15, 0.2) is 0 Å². The Labute approximate surface area is 197 Å². The van der Waals surface area contributed by atoms with Crippen molar-refractivity contribution < 1.29 is 14.7 Å². The maximum Gasteiger partial charge on any atom is 0.411 e. The van der Waals surface area contributed by atoms with Crippen molar-refractivity contribution in [3.8, 4) is 11.3 Å². The van der Waals surface area contributed by atoms with Gasteiger partial charge in [-0.3, -0.25) is 14.5 Å². The fraction of sp³-hybridized carbons (Fsp3) is 0.280. The number of benzene rings is 2. The van der Waals surface area contributed by atoms with Crippen molar-refractivity contribution in [3.63, 3.8) is 0 Å². The number of amides is 2. The number of anilines is 1. The standard InChI is InChI=1S/C25H29N5O4/c1-2-29(25(33)34)21-7-5-6-18(16-21)17-30-23(31)13-12-22(28-30)19-8-10-20(11-9-19)24(32)27-15-4-3-14-26/h5-13,16H,2-4,14-15,17,26H2,1H3,(H,27,32)(H,33,34). The molecule has 0 atom stereocenters. The Morgan fingerprint density at radius 2 is 1.85 bits per heavy atom. The molecule has 0 saturated carbocycles. The van der Waals surface area contributed by atoms with E-state index in [0.29, 0.717) is 36.6 Å². The average molecular weight is 464 g/mol. The van der Waals surface area contributed by atoms with Crippen LogP contribution >= 0.6 is 0 Å². The molecule has 34 heavy (non-hydrogen) atoms. The summed E-state index contributed by atoms with van der Waals surface area (Å²) in [7, 11) is 0. The summed E-state index contributed by atoms with van der Waals surface area (Å²) in [6, 6.07) is 17.1. The fourth-order valence-corrected chi connectivity index (χ4v) is 3.51. The highest BCUT2D eigenvalue weighted by Gasteiger charge is 2.13. The van der Waals surface area contributed by atoms with Crippen molar-refractivity contribution in [2.75, 3.05) is 24.5 Å². The Hall–Kier alpha value is -3.98. The molecule has 1 heterocycles. The van der Waals surface area contributed by atoms with Gasteiger partial charge in [-0.15, -0.1) is 0 Å². The van der Waals surface area contributed by atoms with Crippen molar-refractivity contribution in [2.45, 2.75) is 26.3 Å². The molecule has 9 nitrogen and oxygen atoms in total. The van der Waals surface area contributed by atoms with E-state index in [9.17, 15) is 19.5 Å². The van der Waals surface area contributed by atoms with Crippen molar-refractivity contribution in [1.29, 1.82) is 0 Å². The molecule has 3 aromatic rings. The van der Waals surface area contributed by atoms with Crippen LogP contribution in [0.4, 0.5) is 10.5 Å². The van der Waals surface area contributed by atoms with Crippen LogP contribution in [0.2, 0.25) is 0 Å². The molecule has 2 aromatic carbocycles. The molecule has 0 saturated heterocycles. The molecule has 0 aliphatic rings. The van der Waals surface area contributed by atoms with Gasteiger partial charge in [0, 0.05) is 36.0 Å². The van der Waals surface area contributed by atoms with Crippen LogP contribution < -0.4 is 21.5 Å². The summed E-state index contributed by atoms with van der Waals surface area (Å²) >= 11 is 0. The first-order valence-corrected chi connectivity index (χ1v) is 11.2. The Kier molecular flexibility index (Phi) is 8.53. The third kappa shape index (κ3) is 6.29. The van der Waals surface area contributed by atoms with E-state index in [1.807, 2.05) is 6.07 Å². The Bertz CT molecular complexity index is 1190. The van der Waals surface area contributed by atoms with Crippen molar-refractivity contribution in [2.24, 2.45) is 5.73 Å². The molecule has 3 rings (SSSR count). The van der Waals surface area contributed by atoms with E-state index < -0.39 is 6.09 Å². The predicted molar refractivity (Wildman–Crippen MR) is 131 cm³/mol. The molecule has 0 aliphatic carbocycles. The maximum atomic E-state index is 12.4. The number of rotatable bonds is 10. The zero-order valence-electron chi connectivity index (χ0n) is 19.1. The lowest BCUT2D eigenvalue weighted by molar-refractivity contribution is 0.0953. The lowest BCUT2D eigenvalue weighted by Crippen LogP contribution is -2.29. The van der Waals surface area contributed by atoms with Gasteiger partial charge in [-0.05, 0) is 62.2 Å². The highest BCUT2D eigenvalue weighted by Crippen LogP contribution is 2.19. The molecule has 9 heteroatoms. The number of carbonyl (C=O) groups excluding carboxylic acids is 1. The molecule has 0 bridgehead atoms. The quantitative estimate of drug-likeness (QED) is 0.396. The van der Waals surface area contributed by atoms with Gasteiger partial charge in [-0.2, -0.15) is 5.10 Å². The normalized spacial score (nSPS) is 10.6. The summed E-state index contributed by atoms with van der Waals surface area (Å²) in [5.41, 5.74) is 8.38. The van der Waals surface area contributed by atoms with Crippen molar-refractivity contribution in [3.05, 3.63) is 82.1 Å². The predicted octanol–water partition coefficient (Wildman–Crippen LogP) is 2.93. The first kappa shape index (κ1) is 24.7. The number of nitrogens with two attached hydrogens (primary N) is 1. The number of nitrogens with zero attached hydrogens (tertiary/aromatic N) is 3. The number of carboxylic acid groups (broad SMARTS) is 1. The number of carbonyl (C=O) groups is 2. The maximum absolute atomic E-state index is 12.4. The third-order valence-electron chi connectivity index (χ3n) is 5.33. The van der Waals surface area contributed by atoms with Crippen LogP contribution in [0, 0.1) is 0 Å². The third-order valence-corrected chi connectivity index (χ3v) is 5.33. The van der Waals surface area contributed by atoms with E-state index in [0.717, 1.165) is 24.0 Å². The molecule has 0 fully saturated rings. The van der Waals surface area contributed by atoms with E-state index in [1.54, 1.807) is 55.5 Å². The minimum Gasteiger partial charge on any atom is -0.465 e. The number of nitrogens with one attached hydrogen (secondary N) is 1. The second-order valence-corrected chi connectivity index (χ2v) is 7.74. The number of unbranched alkanes of at least 4 members (excludes halogenated alkanes) is 1. The van der Waals surface area contributed by atoms with Crippen LogP contribution in [0.5, 0.6) is 0 Å². The Morgan fingerprint density at radius 1 is 1.09 bits per heavy atom. The molecule has 0 unspecified atom stereocenters. The average Bonchev–Trinajstić information content (AvgIpc) is 2.84. The second kappa shape index (κ2) is 11.8. The van der Waals surface area contributed by atoms with Gasteiger partial charge in [0.25, 0.3) is 11.5 Å². The summed E-state index contributed by atoms with van der Waals surface area (Å²) in [5, 5.41) is 16.7. The van der Waals surface area contributed by atoms with Gasteiger partial charge in [0.1, 0.15) is 0 Å². The van der Waals surface area contributed by atoms with Crippen LogP contribution in [0.3, 0.4) is 0 Å². The van der Waals surface area contributed by atoms with Crippen LogP contribution in [0.25, 0.3) is 11.3 Å². The zero-order valence-corrected chi connectivity index (χ0v) is 19.1. The Morgan fingerprint density at radius 3 is 2.53 bits per heavy atom. The summed E-state index contributed by atoms with van der Waals surface area (Å²) < 4.78 is 1.34. The molecule has 4 N–H and O–H groups in total. The van der Waals surface area contributed by atoms with Gasteiger partial charge in [0.2, 0.25) is 0 Å². The fourth-order valence-electron chi connectivity index (χ4n) is 3.51. The highest BCUT2D eigenvalue weighted by atomic mass is 16.4. The smallest absolute Gasteiger partial charge is 0.411 e. The zero-order chi connectivity index (χ0) is 24.5. The molecule has 0 aliphatic heterocycles. The van der Waals surface area contributed by atoms with Crippen LogP contribution in [-0.2, 0) is 6.54 Å². The number of hydrogen-bond acceptors (Lipinski definition) is 5. The van der Waals surface area contributed by atoms with E-state index in [2.05, 4.69) is 10.4 Å². The molecule has 1 aromatic heterocycles. The van der Waals surface area contributed by atoms with E-state index in [1.165, 1.54) is 15.6 Å². The number of aromatic nitrogens is 2. The monoisotopic (exact) mass is 463 g/mol. The first-order chi connectivity index (χ1) is 16.4. The summed E-state index contributed by atoms with van der Waals surface area (Å²) in [5.74, 6) is -0.149. The summed E-state index contributed by atoms with van der Waals surface area (Å²) in [6.45, 7) is 3.45. The Balaban J connectivity index is 1.76. The number of hydrogen-bond donors (Lipinski definition) is 3. The molecule has 178 valence electrons. The minimum absolute atomic E-state index is 0.149. The van der Waals surface area contributed by atoms with Crippen LogP contribution in [0.1, 0.15) is 35.7 Å². The van der Waals surface area contributed by atoms with Crippen LogP contribution in [-0.4, -0.2) is 46.5 Å². The topological polar surface area (TPSA) is 131 Å². The molecular formula is C25H29N5O4. The lowest BCUT2D eigenvalue weighted by Gasteiger charge is -2.18. The molecular weight excluding hydrogens is 434 g/mol. The van der Waals surface area contributed by atoms with E-state index in [-0.39, 0.29) is 18.0 Å². The van der Waals surface area contributed by atoms with Gasteiger partial charge in [-0.1, -0.05) is 24.3 Å². The summed E-state index contributed by atoms with van der Waals surface area (Å²) in [6.07, 6.45) is 0.660. The van der Waals surface area contributed by atoms with Gasteiger partial charge in [0.05, 0.1) is 12.2 Å². The van der Waals surface area contributed by atoms with Gasteiger partial charge in [-0.25, -0.2) is 9.48 Å². The SMILES string of the molecule is CCN(C(=O)O)c1cccc(Cn2nc(-c3ccc(C(=O)NCCCCN)cc3)ccc2=O)c1. The minimum atomic E-state index is -1.04. The van der Waals surface area contributed by atoms with Crippen molar-refractivity contribution in [1.82, 2.24) is 15.1 Å². The largest absolute Gasteiger partial charge is 0.465 e. The first-order valence-electron chi connectivity index (χ1n) is 11.2.